The Kier molecular flexibility index (Phi) is 38.2. The first-order chi connectivity index (χ1) is 34.6. The third-order valence-electron chi connectivity index (χ3n) is 15.0. The summed E-state index contributed by atoms with van der Waals surface area (Å²) in [6.07, 6.45) is 55.0. The van der Waals surface area contributed by atoms with Gasteiger partial charge in [-0.15, -0.1) is 0 Å². The molecule has 0 aliphatic heterocycles. The maximum absolute atomic E-state index is 14.6. The molecule has 0 fully saturated rings. The number of aromatic carboxylic acids is 2. The third kappa shape index (κ3) is 28.8. The van der Waals surface area contributed by atoms with Crippen LogP contribution in [0.3, 0.4) is 0 Å². The zero-order chi connectivity index (χ0) is 51.6. The van der Waals surface area contributed by atoms with Gasteiger partial charge in [-0.25, -0.2) is 18.0 Å². The molecule has 8 nitrogen and oxygen atoms in total. The number of benzene rings is 2. The highest BCUT2D eigenvalue weighted by Gasteiger charge is 2.34. The molecule has 0 radical (unpaired) electrons. The number of rotatable bonds is 50. The highest BCUT2D eigenvalue weighted by atomic mass is 32.2. The van der Waals surface area contributed by atoms with Crippen molar-refractivity contribution in [2.45, 2.75) is 319 Å². The zero-order valence-electron chi connectivity index (χ0n) is 45.7. The predicted octanol–water partition coefficient (Wildman–Crippen LogP) is 19.6. The molecule has 0 atom stereocenters. The Balaban J connectivity index is 1.76. The van der Waals surface area contributed by atoms with Gasteiger partial charge in [0.05, 0.1) is 11.1 Å². The summed E-state index contributed by atoms with van der Waals surface area (Å²) in [6.45, 7) is 4.55. The van der Waals surface area contributed by atoms with E-state index in [-0.39, 0.29) is 35.1 Å². The molecule has 408 valence electrons. The van der Waals surface area contributed by atoms with Gasteiger partial charge in [-0.3, -0.25) is 0 Å². The number of carboxylic acid groups (broad SMARTS) is 2. The van der Waals surface area contributed by atoms with E-state index < -0.39 is 43.1 Å². The molecule has 0 heterocycles. The lowest BCUT2D eigenvalue weighted by molar-refractivity contribution is 0.0684. The molecule has 0 aliphatic rings. The fourth-order valence-electron chi connectivity index (χ4n) is 10.7. The van der Waals surface area contributed by atoms with Crippen LogP contribution in [0.15, 0.2) is 34.1 Å². The van der Waals surface area contributed by atoms with Crippen LogP contribution in [-0.2, 0) is 22.7 Å². The van der Waals surface area contributed by atoms with Crippen LogP contribution in [0.5, 0.6) is 11.5 Å². The Bertz CT molecular complexity index is 1650. The van der Waals surface area contributed by atoms with Gasteiger partial charge in [-0.05, 0) is 61.1 Å². The number of hydrogen-bond donors (Lipinski definition) is 4. The van der Waals surface area contributed by atoms with Crippen LogP contribution < -0.4 is 0 Å². The van der Waals surface area contributed by atoms with Gasteiger partial charge in [-0.1, -0.05) is 284 Å². The van der Waals surface area contributed by atoms with E-state index in [1.807, 2.05) is 0 Å². The van der Waals surface area contributed by atoms with Crippen LogP contribution >= 0.6 is 0 Å². The van der Waals surface area contributed by atoms with Crippen LogP contribution in [0, 0.1) is 0 Å². The molecule has 0 amide bonds. The second-order valence-electron chi connectivity index (χ2n) is 21.3. The van der Waals surface area contributed by atoms with Gasteiger partial charge < -0.3 is 20.4 Å². The van der Waals surface area contributed by atoms with Crippen molar-refractivity contribution in [1.29, 1.82) is 0 Å². The third-order valence-corrected chi connectivity index (χ3v) is 17.0. The monoisotopic (exact) mass is 1010 g/mol. The number of aromatic hydroxyl groups is 2. The van der Waals surface area contributed by atoms with E-state index in [1.165, 1.54) is 230 Å². The van der Waals surface area contributed by atoms with Crippen molar-refractivity contribution in [3.05, 3.63) is 46.5 Å². The molecule has 2 aromatic carbocycles. The topological polar surface area (TPSA) is 149 Å². The fraction of sp³-hybridized carbons (Fsp3) is 0.774. The van der Waals surface area contributed by atoms with E-state index in [4.69, 9.17) is 0 Å². The molecule has 0 saturated carbocycles. The summed E-state index contributed by atoms with van der Waals surface area (Å²) in [7, 11) is -4.76. The standard InChI is InChI=1S/C62H106O8S/c1-3-5-7-9-11-13-15-17-19-21-23-25-27-29-31-33-35-37-39-41-43-45-47-53-55(61(65)66)49-51-57(63)59(53)71(69,70)60-54(56(62(67)68)50-52-58(60)64)48-46-44-42-40-38-36-34-32-30-28-26-24-22-20-18-16-14-12-10-8-6-4-2/h49-52,63-64H,3-48H2,1-2H3,(H,65,66)(H,67,68). The predicted molar refractivity (Wildman–Crippen MR) is 297 cm³/mol. The fourth-order valence-corrected chi connectivity index (χ4v) is 12.6. The Morgan fingerprint density at radius 3 is 0.690 bits per heavy atom. The summed E-state index contributed by atoms with van der Waals surface area (Å²) >= 11 is 0. The average Bonchev–Trinajstić information content (AvgIpc) is 3.34. The molecular weight excluding hydrogens is 905 g/mol. The molecule has 0 saturated heterocycles. The van der Waals surface area contributed by atoms with Crippen LogP contribution in [0.25, 0.3) is 0 Å². The number of carboxylic acids is 2. The Hall–Kier alpha value is -3.07. The first-order valence-electron chi connectivity index (χ1n) is 30.0. The molecule has 0 spiro atoms. The Labute approximate surface area is 435 Å². The first kappa shape index (κ1) is 64.0. The van der Waals surface area contributed by atoms with E-state index in [0.29, 0.717) is 12.8 Å². The highest BCUT2D eigenvalue weighted by Crippen LogP contribution is 2.41. The molecule has 2 aromatic rings. The van der Waals surface area contributed by atoms with E-state index in [1.54, 1.807) is 0 Å². The maximum atomic E-state index is 14.6. The molecule has 4 N–H and O–H groups in total. The number of unbranched alkanes of at least 4 members (excludes halogenated alkanes) is 42. The summed E-state index contributed by atoms with van der Waals surface area (Å²) < 4.78 is 29.2. The van der Waals surface area contributed by atoms with Crippen LogP contribution in [-0.4, -0.2) is 40.8 Å². The second kappa shape index (κ2) is 42.3. The number of phenols is 2. The molecule has 0 aliphatic carbocycles. The molecular formula is C62H106O8S. The molecule has 0 unspecified atom stereocenters. The lowest BCUT2D eigenvalue weighted by Crippen LogP contribution is -2.15. The van der Waals surface area contributed by atoms with E-state index in [0.717, 1.165) is 63.5 Å². The quantitative estimate of drug-likeness (QED) is 0.0479. The number of sulfone groups is 1. The average molecular weight is 1010 g/mol. The van der Waals surface area contributed by atoms with Crippen molar-refractivity contribution in [3.8, 4) is 11.5 Å². The van der Waals surface area contributed by atoms with Gasteiger partial charge in [0.15, 0.2) is 0 Å². The normalized spacial score (nSPS) is 11.7. The smallest absolute Gasteiger partial charge is 0.336 e. The number of hydrogen-bond acceptors (Lipinski definition) is 6. The van der Waals surface area contributed by atoms with E-state index in [2.05, 4.69) is 13.8 Å². The van der Waals surface area contributed by atoms with Crippen LogP contribution in [0.1, 0.15) is 328 Å². The van der Waals surface area contributed by atoms with E-state index >= 15 is 0 Å². The van der Waals surface area contributed by atoms with Crippen molar-refractivity contribution in [3.63, 3.8) is 0 Å². The van der Waals surface area contributed by atoms with Gasteiger partial charge in [0.1, 0.15) is 21.3 Å². The number of phenolic OH excluding ortho intramolecular Hbond substituents is 2. The lowest BCUT2D eigenvalue weighted by Gasteiger charge is -2.19. The van der Waals surface area contributed by atoms with Gasteiger partial charge >= 0.3 is 11.9 Å². The van der Waals surface area contributed by atoms with Gasteiger partial charge in [0.2, 0.25) is 9.84 Å². The molecule has 0 aromatic heterocycles. The van der Waals surface area contributed by atoms with E-state index in [9.17, 15) is 38.4 Å². The SMILES string of the molecule is CCCCCCCCCCCCCCCCCCCCCCCCc1c(C(=O)O)ccc(O)c1S(=O)(=O)c1c(O)ccc(C(=O)O)c1CCCCCCCCCCCCCCCCCCCCCCCC. The summed E-state index contributed by atoms with van der Waals surface area (Å²) in [5, 5.41) is 42.6. The highest BCUT2D eigenvalue weighted by molar-refractivity contribution is 7.91. The molecule has 9 heteroatoms. The van der Waals surface area contributed by atoms with Crippen molar-refractivity contribution < 1.29 is 38.4 Å². The first-order valence-corrected chi connectivity index (χ1v) is 31.5. The summed E-state index contributed by atoms with van der Waals surface area (Å²) in [5.74, 6) is -3.85. The van der Waals surface area contributed by atoms with Crippen molar-refractivity contribution >= 4 is 21.8 Å². The number of carbonyl (C=O) groups is 2. The van der Waals surface area contributed by atoms with Crippen molar-refractivity contribution in [2.75, 3.05) is 0 Å². The van der Waals surface area contributed by atoms with Crippen LogP contribution in [0.4, 0.5) is 0 Å². The largest absolute Gasteiger partial charge is 0.507 e. The van der Waals surface area contributed by atoms with Crippen molar-refractivity contribution in [1.82, 2.24) is 0 Å². The van der Waals surface area contributed by atoms with Gasteiger partial charge in [0, 0.05) is 0 Å². The van der Waals surface area contributed by atoms with Gasteiger partial charge in [-0.2, -0.15) is 0 Å². The summed E-state index contributed by atoms with van der Waals surface area (Å²) in [5.41, 5.74) is -0.470. The minimum Gasteiger partial charge on any atom is -0.507 e. The Morgan fingerprint density at radius 1 is 0.324 bits per heavy atom. The lowest BCUT2D eigenvalue weighted by atomic mass is 9.99. The van der Waals surface area contributed by atoms with Gasteiger partial charge in [0.25, 0.3) is 0 Å². The minimum absolute atomic E-state index is 0.0129. The molecule has 2 rings (SSSR count). The summed E-state index contributed by atoms with van der Waals surface area (Å²) in [6, 6.07) is 4.57. The second-order valence-corrected chi connectivity index (χ2v) is 23.2. The Morgan fingerprint density at radius 2 is 0.507 bits per heavy atom. The zero-order valence-corrected chi connectivity index (χ0v) is 46.5. The molecule has 71 heavy (non-hydrogen) atoms. The van der Waals surface area contributed by atoms with Crippen molar-refractivity contribution in [2.24, 2.45) is 0 Å². The summed E-state index contributed by atoms with van der Waals surface area (Å²) in [4.78, 5) is 23.8. The minimum atomic E-state index is -4.76. The van der Waals surface area contributed by atoms with Crippen LogP contribution in [0.2, 0.25) is 0 Å². The molecule has 0 bridgehead atoms. The maximum Gasteiger partial charge on any atom is 0.336 e.